The summed E-state index contributed by atoms with van der Waals surface area (Å²) in [5.74, 6) is 1.12. The fourth-order valence-electron chi connectivity index (χ4n) is 4.06. The molecule has 0 radical (unpaired) electrons. The van der Waals surface area contributed by atoms with Gasteiger partial charge in [-0.25, -0.2) is 4.79 Å². The maximum Gasteiger partial charge on any atom is 0.341 e. The van der Waals surface area contributed by atoms with Gasteiger partial charge in [-0.3, -0.25) is 9.36 Å². The molecule has 0 bridgehead atoms. The molecular weight excluding hydrogens is 464 g/mol. The Morgan fingerprint density at radius 2 is 2.16 bits per heavy atom. The van der Waals surface area contributed by atoms with Crippen molar-refractivity contribution in [3.05, 3.63) is 33.5 Å². The van der Waals surface area contributed by atoms with Gasteiger partial charge in [0.2, 0.25) is 5.91 Å². The standard InChI is InChI=1S/C22H24N4O3S3/c1-12-5-8-14-16(10-12)32-20(18(14)21(28)29-2)23-17(27)11-31-22-25-24-19(15-4-3-9-30-15)26(22)13-6-7-13/h3-4,9,12-13H,5-8,10-11H2,1-2H3,(H,23,27). The third kappa shape index (κ3) is 4.23. The number of hydrogen-bond acceptors (Lipinski definition) is 8. The molecule has 1 saturated carbocycles. The van der Waals surface area contributed by atoms with Crippen LogP contribution in [0.5, 0.6) is 0 Å². The molecule has 2 aliphatic rings. The smallest absolute Gasteiger partial charge is 0.341 e. The van der Waals surface area contributed by atoms with E-state index in [1.54, 1.807) is 11.3 Å². The van der Waals surface area contributed by atoms with Crippen molar-refractivity contribution in [2.75, 3.05) is 18.2 Å². The minimum Gasteiger partial charge on any atom is -0.465 e. The van der Waals surface area contributed by atoms with E-state index in [2.05, 4.69) is 27.0 Å². The molecule has 0 aliphatic heterocycles. The molecule has 168 valence electrons. The maximum atomic E-state index is 12.8. The number of fused-ring (bicyclic) bond motifs is 1. The lowest BCUT2D eigenvalue weighted by molar-refractivity contribution is -0.113. The molecule has 1 fully saturated rings. The Morgan fingerprint density at radius 3 is 2.88 bits per heavy atom. The number of carbonyl (C=O) groups excluding carboxylic acids is 2. The normalized spacial score (nSPS) is 17.8. The summed E-state index contributed by atoms with van der Waals surface area (Å²) < 4.78 is 7.18. The zero-order valence-corrected chi connectivity index (χ0v) is 20.4. The van der Waals surface area contributed by atoms with E-state index < -0.39 is 0 Å². The van der Waals surface area contributed by atoms with Crippen molar-refractivity contribution in [2.45, 2.75) is 50.2 Å². The zero-order valence-electron chi connectivity index (χ0n) is 17.9. The number of methoxy groups -OCH3 is 1. The molecule has 1 atom stereocenters. The van der Waals surface area contributed by atoms with Crippen molar-refractivity contribution in [2.24, 2.45) is 5.92 Å². The van der Waals surface area contributed by atoms with Crippen molar-refractivity contribution in [1.29, 1.82) is 0 Å². The molecule has 3 aromatic heterocycles. The number of hydrogen-bond donors (Lipinski definition) is 1. The molecular formula is C22H24N4O3S3. The number of thiophene rings is 2. The third-order valence-electron chi connectivity index (χ3n) is 5.80. The average molecular weight is 489 g/mol. The van der Waals surface area contributed by atoms with Crippen LogP contribution in [-0.4, -0.2) is 39.5 Å². The Morgan fingerprint density at radius 1 is 1.31 bits per heavy atom. The maximum absolute atomic E-state index is 12.8. The molecule has 1 amide bonds. The van der Waals surface area contributed by atoms with Crippen LogP contribution in [0.4, 0.5) is 5.00 Å². The quantitative estimate of drug-likeness (QED) is 0.370. The van der Waals surface area contributed by atoms with Gasteiger partial charge in [0.15, 0.2) is 11.0 Å². The zero-order chi connectivity index (χ0) is 22.2. The van der Waals surface area contributed by atoms with E-state index in [1.807, 2.05) is 17.5 Å². The van der Waals surface area contributed by atoms with Crippen LogP contribution in [0.1, 0.15) is 53.0 Å². The highest BCUT2D eigenvalue weighted by atomic mass is 32.2. The van der Waals surface area contributed by atoms with Gasteiger partial charge in [-0.1, -0.05) is 24.8 Å². The number of ether oxygens (including phenoxy) is 1. The van der Waals surface area contributed by atoms with Crippen molar-refractivity contribution >= 4 is 51.3 Å². The Kier molecular flexibility index (Phi) is 6.09. The van der Waals surface area contributed by atoms with Crippen molar-refractivity contribution < 1.29 is 14.3 Å². The van der Waals surface area contributed by atoms with E-state index in [-0.39, 0.29) is 17.6 Å². The highest BCUT2D eigenvalue weighted by Crippen LogP contribution is 2.42. The number of amides is 1. The van der Waals surface area contributed by atoms with E-state index in [1.165, 1.54) is 35.1 Å². The topological polar surface area (TPSA) is 86.1 Å². The fraction of sp³-hybridized carbons (Fsp3) is 0.455. The number of nitrogens with one attached hydrogen (secondary N) is 1. The number of rotatable bonds is 7. The number of anilines is 1. The summed E-state index contributed by atoms with van der Waals surface area (Å²) in [6, 6.07) is 4.46. The van der Waals surface area contributed by atoms with Crippen molar-refractivity contribution in [3.63, 3.8) is 0 Å². The van der Waals surface area contributed by atoms with E-state index in [0.29, 0.717) is 22.5 Å². The lowest BCUT2D eigenvalue weighted by atomic mass is 9.88. The van der Waals surface area contributed by atoms with Crippen LogP contribution in [0.3, 0.4) is 0 Å². The Bertz CT molecular complexity index is 1150. The number of carbonyl (C=O) groups is 2. The van der Waals surface area contributed by atoms with Gasteiger partial charge in [0.25, 0.3) is 0 Å². The van der Waals surface area contributed by atoms with Crippen LogP contribution in [0.25, 0.3) is 10.7 Å². The second-order valence-corrected chi connectivity index (χ2v) is 11.3. The minimum absolute atomic E-state index is 0.158. The molecule has 5 rings (SSSR count). The highest BCUT2D eigenvalue weighted by molar-refractivity contribution is 7.99. The molecule has 3 heterocycles. The lowest BCUT2D eigenvalue weighted by Crippen LogP contribution is -2.17. The molecule has 1 N–H and O–H groups in total. The van der Waals surface area contributed by atoms with Gasteiger partial charge in [0, 0.05) is 10.9 Å². The predicted octanol–water partition coefficient (Wildman–Crippen LogP) is 5.05. The summed E-state index contributed by atoms with van der Waals surface area (Å²) in [5, 5.41) is 15.1. The van der Waals surface area contributed by atoms with Gasteiger partial charge in [-0.2, -0.15) is 0 Å². The van der Waals surface area contributed by atoms with Crippen LogP contribution in [0.15, 0.2) is 22.7 Å². The molecule has 0 saturated heterocycles. The molecule has 0 aromatic carbocycles. The van der Waals surface area contributed by atoms with E-state index >= 15 is 0 Å². The van der Waals surface area contributed by atoms with Gasteiger partial charge in [-0.05, 0) is 55.0 Å². The van der Waals surface area contributed by atoms with Crippen LogP contribution >= 0.6 is 34.4 Å². The number of thioether (sulfide) groups is 1. The summed E-state index contributed by atoms with van der Waals surface area (Å²) in [6.07, 6.45) is 5.04. The Balaban J connectivity index is 1.32. The molecule has 32 heavy (non-hydrogen) atoms. The van der Waals surface area contributed by atoms with E-state index in [0.717, 1.165) is 53.5 Å². The van der Waals surface area contributed by atoms with Gasteiger partial charge in [0.05, 0.1) is 23.3 Å². The summed E-state index contributed by atoms with van der Waals surface area (Å²) in [4.78, 5) is 27.6. The summed E-state index contributed by atoms with van der Waals surface area (Å²) >= 11 is 4.53. The second kappa shape index (κ2) is 8.99. The van der Waals surface area contributed by atoms with Crippen molar-refractivity contribution in [1.82, 2.24) is 14.8 Å². The Hall–Kier alpha value is -2.17. The van der Waals surface area contributed by atoms with Crippen LogP contribution in [0.2, 0.25) is 0 Å². The molecule has 3 aromatic rings. The monoisotopic (exact) mass is 488 g/mol. The van der Waals surface area contributed by atoms with Gasteiger partial charge in [0.1, 0.15) is 5.00 Å². The number of nitrogens with zero attached hydrogens (tertiary/aromatic N) is 3. The summed E-state index contributed by atoms with van der Waals surface area (Å²) in [7, 11) is 1.38. The highest BCUT2D eigenvalue weighted by Gasteiger charge is 2.31. The van der Waals surface area contributed by atoms with E-state index in [9.17, 15) is 9.59 Å². The largest absolute Gasteiger partial charge is 0.465 e. The van der Waals surface area contributed by atoms with E-state index in [4.69, 9.17) is 4.74 Å². The summed E-state index contributed by atoms with van der Waals surface area (Å²) in [6.45, 7) is 2.22. The molecule has 7 nitrogen and oxygen atoms in total. The first-order chi connectivity index (χ1) is 15.5. The van der Waals surface area contributed by atoms with Crippen molar-refractivity contribution in [3.8, 4) is 10.7 Å². The lowest BCUT2D eigenvalue weighted by Gasteiger charge is -2.18. The van der Waals surface area contributed by atoms with Crippen LogP contribution in [-0.2, 0) is 22.4 Å². The first kappa shape index (κ1) is 21.7. The summed E-state index contributed by atoms with van der Waals surface area (Å²) in [5.41, 5.74) is 1.57. The van der Waals surface area contributed by atoms with Gasteiger partial charge < -0.3 is 10.1 Å². The molecule has 2 aliphatic carbocycles. The first-order valence-electron chi connectivity index (χ1n) is 10.7. The predicted molar refractivity (Wildman–Crippen MR) is 128 cm³/mol. The average Bonchev–Trinajstić information content (AvgIpc) is 3.17. The fourth-order valence-corrected chi connectivity index (χ4v) is 6.99. The molecule has 0 spiro atoms. The Labute approximate surface area is 198 Å². The molecule has 10 heteroatoms. The third-order valence-corrected chi connectivity index (χ3v) is 8.78. The molecule has 1 unspecified atom stereocenters. The first-order valence-corrected chi connectivity index (χ1v) is 13.4. The van der Waals surface area contributed by atoms with Crippen LogP contribution in [0, 0.1) is 5.92 Å². The van der Waals surface area contributed by atoms with Gasteiger partial charge in [-0.15, -0.1) is 32.9 Å². The number of aromatic nitrogens is 3. The number of esters is 1. The van der Waals surface area contributed by atoms with Gasteiger partial charge >= 0.3 is 5.97 Å². The SMILES string of the molecule is COC(=O)c1c(NC(=O)CSc2nnc(-c3cccs3)n2C2CC2)sc2c1CCC(C)C2. The van der Waals surface area contributed by atoms with Crippen LogP contribution < -0.4 is 5.32 Å². The second-order valence-electron chi connectivity index (χ2n) is 8.27. The minimum atomic E-state index is -0.380.